The fourth-order valence-corrected chi connectivity index (χ4v) is 4.14. The normalized spacial score (nSPS) is 20.4. The Labute approximate surface area is 164 Å². The number of ether oxygens (including phenoxy) is 3. The molecular formula is C21H39NO5. The van der Waals surface area contributed by atoms with Crippen LogP contribution in [0.15, 0.2) is 0 Å². The number of carbonyl (C=O) groups excluding carboxylic acids is 2. The number of nitrogens with zero attached hydrogens (tertiary/aromatic N) is 1. The molecule has 0 aromatic rings. The highest BCUT2D eigenvalue weighted by Gasteiger charge is 2.45. The van der Waals surface area contributed by atoms with E-state index in [9.17, 15) is 9.59 Å². The first-order valence-corrected chi connectivity index (χ1v) is 9.99. The Hall–Kier alpha value is -0.980. The highest BCUT2D eigenvalue weighted by Crippen LogP contribution is 2.39. The van der Waals surface area contributed by atoms with Crippen molar-refractivity contribution in [1.82, 2.24) is 4.90 Å². The lowest BCUT2D eigenvalue weighted by Gasteiger charge is -2.55. The van der Waals surface area contributed by atoms with Gasteiger partial charge in [-0.15, -0.1) is 0 Å². The monoisotopic (exact) mass is 385 g/mol. The number of esters is 1. The number of Topliss-reactive ketones (excluding diaryl/α,β-unsaturated/α-hetero) is 1. The van der Waals surface area contributed by atoms with Crippen LogP contribution in [0.4, 0.5) is 0 Å². The van der Waals surface area contributed by atoms with Crippen LogP contribution in [0.5, 0.6) is 0 Å². The molecule has 6 nitrogen and oxygen atoms in total. The van der Waals surface area contributed by atoms with Gasteiger partial charge in [-0.05, 0) is 61.3 Å². The van der Waals surface area contributed by atoms with Crippen molar-refractivity contribution in [2.75, 3.05) is 26.9 Å². The van der Waals surface area contributed by atoms with Crippen molar-refractivity contribution in [2.24, 2.45) is 0 Å². The highest BCUT2D eigenvalue weighted by atomic mass is 16.5. The summed E-state index contributed by atoms with van der Waals surface area (Å²) in [5.74, 6) is -0.433. The fourth-order valence-electron chi connectivity index (χ4n) is 4.14. The maximum absolute atomic E-state index is 12.0. The molecular weight excluding hydrogens is 346 g/mol. The van der Waals surface area contributed by atoms with E-state index < -0.39 is 5.60 Å². The Bertz CT molecular complexity index is 495. The van der Waals surface area contributed by atoms with E-state index in [4.69, 9.17) is 14.2 Å². The summed E-state index contributed by atoms with van der Waals surface area (Å²) in [6, 6.07) is 0. The van der Waals surface area contributed by atoms with Gasteiger partial charge >= 0.3 is 5.97 Å². The average molecular weight is 386 g/mol. The van der Waals surface area contributed by atoms with Crippen LogP contribution in [0.3, 0.4) is 0 Å². The SMILES string of the molecule is CCOC1CC(C)(C)N(CCOC(=O)CCC(=O)C(C)(C)OC)C(C)(C)C1. The molecule has 0 unspecified atom stereocenters. The summed E-state index contributed by atoms with van der Waals surface area (Å²) in [4.78, 5) is 26.4. The van der Waals surface area contributed by atoms with E-state index in [0.717, 1.165) is 19.4 Å². The van der Waals surface area contributed by atoms with Crippen molar-refractivity contribution >= 4 is 11.8 Å². The topological polar surface area (TPSA) is 65.1 Å². The zero-order chi connectivity index (χ0) is 20.9. The number of methoxy groups -OCH3 is 1. The first-order chi connectivity index (χ1) is 12.4. The lowest BCUT2D eigenvalue weighted by molar-refractivity contribution is -0.150. The summed E-state index contributed by atoms with van der Waals surface area (Å²) in [7, 11) is 1.49. The third-order valence-electron chi connectivity index (χ3n) is 5.63. The lowest BCUT2D eigenvalue weighted by atomic mass is 9.78. The summed E-state index contributed by atoms with van der Waals surface area (Å²) in [5.41, 5.74) is -0.932. The number of likely N-dealkylation sites (tertiary alicyclic amines) is 1. The van der Waals surface area contributed by atoms with Crippen molar-refractivity contribution in [3.05, 3.63) is 0 Å². The van der Waals surface area contributed by atoms with Crippen LogP contribution >= 0.6 is 0 Å². The van der Waals surface area contributed by atoms with Crippen molar-refractivity contribution in [3.63, 3.8) is 0 Å². The van der Waals surface area contributed by atoms with E-state index in [-0.39, 0.29) is 41.8 Å². The summed E-state index contributed by atoms with van der Waals surface area (Å²) in [6.45, 7) is 16.0. The molecule has 1 heterocycles. The molecule has 6 heteroatoms. The van der Waals surface area contributed by atoms with E-state index in [0.29, 0.717) is 13.2 Å². The first-order valence-electron chi connectivity index (χ1n) is 9.99. The molecule has 0 bridgehead atoms. The van der Waals surface area contributed by atoms with Gasteiger partial charge in [0.15, 0.2) is 5.78 Å². The standard InChI is InChI=1S/C21H39NO5/c1-9-26-16-14-19(2,3)22(20(4,5)15-16)12-13-27-18(24)11-10-17(23)21(6,7)25-8/h16H,9-15H2,1-8H3. The van der Waals surface area contributed by atoms with Gasteiger partial charge in [-0.2, -0.15) is 0 Å². The van der Waals surface area contributed by atoms with Gasteiger partial charge in [0.05, 0.1) is 12.5 Å². The maximum atomic E-state index is 12.0. The zero-order valence-electron chi connectivity index (χ0n) is 18.5. The van der Waals surface area contributed by atoms with Gasteiger partial charge in [0.1, 0.15) is 12.2 Å². The van der Waals surface area contributed by atoms with Crippen molar-refractivity contribution in [1.29, 1.82) is 0 Å². The van der Waals surface area contributed by atoms with Crippen LogP contribution in [-0.2, 0) is 23.8 Å². The van der Waals surface area contributed by atoms with Gasteiger partial charge in [-0.3, -0.25) is 14.5 Å². The number of hydrogen-bond donors (Lipinski definition) is 0. The molecule has 1 saturated heterocycles. The molecule has 1 rings (SSSR count). The van der Waals surface area contributed by atoms with E-state index >= 15 is 0 Å². The molecule has 158 valence electrons. The second-order valence-corrected chi connectivity index (χ2v) is 9.12. The predicted octanol–water partition coefficient (Wildman–Crippen LogP) is 3.36. The molecule has 0 aromatic heterocycles. The van der Waals surface area contributed by atoms with Crippen molar-refractivity contribution in [3.8, 4) is 0 Å². The van der Waals surface area contributed by atoms with Crippen LogP contribution in [0.2, 0.25) is 0 Å². The first kappa shape index (κ1) is 24.1. The summed E-state index contributed by atoms with van der Waals surface area (Å²) < 4.78 is 16.4. The van der Waals surface area contributed by atoms with Crippen LogP contribution in [-0.4, -0.2) is 66.3 Å². The summed E-state index contributed by atoms with van der Waals surface area (Å²) in [5, 5.41) is 0. The van der Waals surface area contributed by atoms with Crippen LogP contribution in [0.1, 0.15) is 74.1 Å². The molecule has 0 radical (unpaired) electrons. The largest absolute Gasteiger partial charge is 0.464 e. The van der Waals surface area contributed by atoms with E-state index in [2.05, 4.69) is 32.6 Å². The molecule has 0 aromatic carbocycles. The summed E-state index contributed by atoms with van der Waals surface area (Å²) >= 11 is 0. The number of hydrogen-bond acceptors (Lipinski definition) is 6. The Balaban J connectivity index is 2.50. The minimum Gasteiger partial charge on any atom is -0.464 e. The minimum atomic E-state index is -0.862. The molecule has 0 aliphatic carbocycles. The third kappa shape index (κ3) is 6.84. The van der Waals surface area contributed by atoms with Crippen molar-refractivity contribution < 1.29 is 23.8 Å². The molecule has 27 heavy (non-hydrogen) atoms. The van der Waals surface area contributed by atoms with Crippen LogP contribution in [0.25, 0.3) is 0 Å². The fraction of sp³-hybridized carbons (Fsp3) is 0.905. The molecule has 0 amide bonds. The Morgan fingerprint density at radius 3 is 2.11 bits per heavy atom. The number of ketones is 1. The number of piperidine rings is 1. The van der Waals surface area contributed by atoms with E-state index in [1.807, 2.05) is 6.92 Å². The molecule has 0 spiro atoms. The smallest absolute Gasteiger partial charge is 0.306 e. The second-order valence-electron chi connectivity index (χ2n) is 9.12. The second kappa shape index (κ2) is 9.48. The Morgan fingerprint density at radius 1 is 1.07 bits per heavy atom. The van der Waals surface area contributed by atoms with Gasteiger partial charge in [-0.1, -0.05) is 0 Å². The molecule has 1 aliphatic rings. The lowest BCUT2D eigenvalue weighted by Crippen LogP contribution is -2.62. The molecule has 1 aliphatic heterocycles. The highest BCUT2D eigenvalue weighted by molar-refractivity contribution is 5.89. The van der Waals surface area contributed by atoms with Crippen molar-refractivity contribution in [2.45, 2.75) is 96.9 Å². The van der Waals surface area contributed by atoms with E-state index in [1.54, 1.807) is 13.8 Å². The Kier molecular flexibility index (Phi) is 8.45. The third-order valence-corrected chi connectivity index (χ3v) is 5.63. The molecule has 0 N–H and O–H groups in total. The number of carbonyl (C=O) groups is 2. The summed E-state index contributed by atoms with van der Waals surface area (Å²) in [6.07, 6.45) is 2.40. The Morgan fingerprint density at radius 2 is 1.63 bits per heavy atom. The zero-order valence-corrected chi connectivity index (χ0v) is 18.5. The van der Waals surface area contributed by atoms with Gasteiger partial charge < -0.3 is 14.2 Å². The van der Waals surface area contributed by atoms with Crippen LogP contribution < -0.4 is 0 Å². The van der Waals surface area contributed by atoms with Gasteiger partial charge in [0.2, 0.25) is 0 Å². The van der Waals surface area contributed by atoms with Gasteiger partial charge in [-0.25, -0.2) is 0 Å². The van der Waals surface area contributed by atoms with Gasteiger partial charge in [0, 0.05) is 37.8 Å². The molecule has 0 atom stereocenters. The van der Waals surface area contributed by atoms with E-state index in [1.165, 1.54) is 7.11 Å². The quantitative estimate of drug-likeness (QED) is 0.537. The van der Waals surface area contributed by atoms with Gasteiger partial charge in [0.25, 0.3) is 0 Å². The minimum absolute atomic E-state index is 0.0353. The molecule has 0 saturated carbocycles. The maximum Gasteiger partial charge on any atom is 0.306 e. The predicted molar refractivity (Wildman–Crippen MR) is 106 cm³/mol. The number of rotatable bonds is 10. The van der Waals surface area contributed by atoms with Crippen LogP contribution in [0, 0.1) is 0 Å². The molecule has 1 fully saturated rings. The average Bonchev–Trinajstić information content (AvgIpc) is 2.54.